The first-order chi connectivity index (χ1) is 10.6. The highest BCUT2D eigenvalue weighted by Crippen LogP contribution is 2.41. The molecule has 1 aliphatic carbocycles. The lowest BCUT2D eigenvalue weighted by Crippen LogP contribution is -2.45. The highest BCUT2D eigenvalue weighted by molar-refractivity contribution is 6.30. The first-order valence-electron chi connectivity index (χ1n) is 8.85. The average molecular weight is 394 g/mol. The lowest BCUT2D eigenvalue weighted by molar-refractivity contribution is 0.145. The van der Waals surface area contributed by atoms with Gasteiger partial charge in [-0.15, -0.1) is 24.8 Å². The third-order valence-corrected chi connectivity index (χ3v) is 6.06. The Morgan fingerprint density at radius 3 is 2.58 bits per heavy atom. The maximum atomic E-state index is 6.26. The molecule has 1 aliphatic heterocycles. The van der Waals surface area contributed by atoms with Crippen LogP contribution in [0.5, 0.6) is 0 Å². The summed E-state index contributed by atoms with van der Waals surface area (Å²) < 4.78 is 0. The molecule has 138 valence electrons. The summed E-state index contributed by atoms with van der Waals surface area (Å²) in [5.74, 6) is 1.46. The van der Waals surface area contributed by atoms with E-state index >= 15 is 0 Å². The molecule has 1 aromatic carbocycles. The van der Waals surface area contributed by atoms with Gasteiger partial charge in [-0.05, 0) is 75.2 Å². The molecule has 2 N–H and O–H groups in total. The standard InChI is InChI=1S/C19H29ClN2.2ClH/c1-22-10-9-17(21)12-18(22)13-19(14-5-2-3-6-14)15-7-4-8-16(20)11-15;;/h4,7-8,11,14,17-19H,2-3,5-6,9-10,12-13,21H2,1H3;2*1H. The molecule has 1 aromatic rings. The van der Waals surface area contributed by atoms with Gasteiger partial charge in [0.15, 0.2) is 0 Å². The van der Waals surface area contributed by atoms with Crippen molar-refractivity contribution in [1.29, 1.82) is 0 Å². The zero-order valence-corrected chi connectivity index (χ0v) is 16.9. The van der Waals surface area contributed by atoms with Crippen LogP contribution in [0.25, 0.3) is 0 Å². The number of nitrogens with two attached hydrogens (primary N) is 1. The Morgan fingerprint density at radius 1 is 1.21 bits per heavy atom. The first-order valence-corrected chi connectivity index (χ1v) is 9.22. The summed E-state index contributed by atoms with van der Waals surface area (Å²) in [5.41, 5.74) is 7.67. The Balaban J connectivity index is 0.00000144. The summed E-state index contributed by atoms with van der Waals surface area (Å²) >= 11 is 6.26. The fraction of sp³-hybridized carbons (Fsp3) is 0.684. The first kappa shape index (κ1) is 22.1. The Hall–Kier alpha value is 0.01000. The van der Waals surface area contributed by atoms with E-state index in [1.807, 2.05) is 6.07 Å². The van der Waals surface area contributed by atoms with Crippen LogP contribution in [0.15, 0.2) is 24.3 Å². The fourth-order valence-electron chi connectivity index (χ4n) is 4.47. The van der Waals surface area contributed by atoms with Crippen LogP contribution in [0.3, 0.4) is 0 Å². The van der Waals surface area contributed by atoms with Crippen LogP contribution in [0.1, 0.15) is 56.4 Å². The zero-order valence-electron chi connectivity index (χ0n) is 14.5. The Kier molecular flexibility index (Phi) is 9.40. The van der Waals surface area contributed by atoms with Crippen molar-refractivity contribution < 1.29 is 0 Å². The largest absolute Gasteiger partial charge is 0.328 e. The lowest BCUT2D eigenvalue weighted by Gasteiger charge is -2.39. The van der Waals surface area contributed by atoms with Crippen LogP contribution >= 0.6 is 36.4 Å². The van der Waals surface area contributed by atoms with Crippen molar-refractivity contribution in [2.45, 2.75) is 62.9 Å². The van der Waals surface area contributed by atoms with Crippen LogP contribution in [0, 0.1) is 5.92 Å². The zero-order chi connectivity index (χ0) is 15.5. The van der Waals surface area contributed by atoms with E-state index in [1.54, 1.807) is 0 Å². The Bertz CT molecular complexity index is 491. The topological polar surface area (TPSA) is 29.3 Å². The summed E-state index contributed by atoms with van der Waals surface area (Å²) in [6.07, 6.45) is 9.04. The molecule has 3 unspecified atom stereocenters. The number of rotatable bonds is 4. The van der Waals surface area contributed by atoms with E-state index < -0.39 is 0 Å². The Morgan fingerprint density at radius 2 is 1.92 bits per heavy atom. The number of hydrogen-bond donors (Lipinski definition) is 1. The lowest BCUT2D eigenvalue weighted by atomic mass is 9.78. The van der Waals surface area contributed by atoms with Crippen LogP contribution < -0.4 is 5.73 Å². The predicted octanol–water partition coefficient (Wildman–Crippen LogP) is 5.27. The van der Waals surface area contributed by atoms with Crippen LogP contribution in [-0.4, -0.2) is 30.6 Å². The van der Waals surface area contributed by atoms with Crippen LogP contribution in [0.2, 0.25) is 5.02 Å². The number of halogens is 3. The van der Waals surface area contributed by atoms with Crippen molar-refractivity contribution in [3.8, 4) is 0 Å². The van der Waals surface area contributed by atoms with Gasteiger partial charge in [0.2, 0.25) is 0 Å². The van der Waals surface area contributed by atoms with Gasteiger partial charge in [0, 0.05) is 17.1 Å². The minimum Gasteiger partial charge on any atom is -0.328 e. The van der Waals surface area contributed by atoms with E-state index in [1.165, 1.54) is 37.7 Å². The van der Waals surface area contributed by atoms with E-state index in [0.717, 1.165) is 30.3 Å². The van der Waals surface area contributed by atoms with Gasteiger partial charge in [-0.25, -0.2) is 0 Å². The molecule has 2 fully saturated rings. The number of piperidine rings is 1. The van der Waals surface area contributed by atoms with E-state index in [-0.39, 0.29) is 24.8 Å². The number of likely N-dealkylation sites (tertiary alicyclic amines) is 1. The summed E-state index contributed by atoms with van der Waals surface area (Å²) in [5, 5.41) is 0.870. The van der Waals surface area contributed by atoms with E-state index in [0.29, 0.717) is 18.0 Å². The minimum atomic E-state index is 0. The third kappa shape index (κ3) is 5.51. The third-order valence-electron chi connectivity index (χ3n) is 5.82. The van der Waals surface area contributed by atoms with Gasteiger partial charge in [-0.3, -0.25) is 0 Å². The molecule has 1 saturated heterocycles. The molecular formula is C19H31Cl3N2. The molecule has 0 bridgehead atoms. The monoisotopic (exact) mass is 392 g/mol. The second-order valence-electron chi connectivity index (χ2n) is 7.36. The molecule has 24 heavy (non-hydrogen) atoms. The molecule has 0 radical (unpaired) electrons. The molecule has 0 amide bonds. The number of hydrogen-bond acceptors (Lipinski definition) is 2. The molecular weight excluding hydrogens is 363 g/mol. The van der Waals surface area contributed by atoms with E-state index in [4.69, 9.17) is 17.3 Å². The summed E-state index contributed by atoms with van der Waals surface area (Å²) in [6.45, 7) is 1.14. The molecule has 2 nitrogen and oxygen atoms in total. The SMILES string of the molecule is CN1CCC(N)CC1CC(c1cccc(Cl)c1)C1CCCC1.Cl.Cl. The number of benzene rings is 1. The average Bonchev–Trinajstić information content (AvgIpc) is 3.02. The highest BCUT2D eigenvalue weighted by Gasteiger charge is 2.32. The van der Waals surface area contributed by atoms with Gasteiger partial charge in [0.25, 0.3) is 0 Å². The molecule has 3 atom stereocenters. The van der Waals surface area contributed by atoms with Crippen molar-refractivity contribution >= 4 is 36.4 Å². The molecule has 1 saturated carbocycles. The van der Waals surface area contributed by atoms with Crippen molar-refractivity contribution in [2.24, 2.45) is 11.7 Å². The molecule has 0 aromatic heterocycles. The summed E-state index contributed by atoms with van der Waals surface area (Å²) in [7, 11) is 2.26. The fourth-order valence-corrected chi connectivity index (χ4v) is 4.67. The summed E-state index contributed by atoms with van der Waals surface area (Å²) in [4.78, 5) is 2.52. The van der Waals surface area contributed by atoms with Crippen molar-refractivity contribution in [1.82, 2.24) is 4.90 Å². The van der Waals surface area contributed by atoms with Gasteiger partial charge < -0.3 is 10.6 Å². The summed E-state index contributed by atoms with van der Waals surface area (Å²) in [6, 6.07) is 9.55. The molecule has 5 heteroatoms. The molecule has 1 heterocycles. The second-order valence-corrected chi connectivity index (χ2v) is 7.80. The van der Waals surface area contributed by atoms with Crippen molar-refractivity contribution in [2.75, 3.05) is 13.6 Å². The minimum absolute atomic E-state index is 0. The van der Waals surface area contributed by atoms with Crippen molar-refractivity contribution in [3.63, 3.8) is 0 Å². The smallest absolute Gasteiger partial charge is 0.0408 e. The van der Waals surface area contributed by atoms with Gasteiger partial charge >= 0.3 is 0 Å². The predicted molar refractivity (Wildman–Crippen MR) is 109 cm³/mol. The Labute approximate surface area is 164 Å². The highest BCUT2D eigenvalue weighted by atomic mass is 35.5. The molecule has 0 spiro atoms. The van der Waals surface area contributed by atoms with Gasteiger partial charge in [-0.1, -0.05) is 36.6 Å². The maximum Gasteiger partial charge on any atom is 0.0408 e. The van der Waals surface area contributed by atoms with E-state index in [9.17, 15) is 0 Å². The van der Waals surface area contributed by atoms with Crippen LogP contribution in [-0.2, 0) is 0 Å². The van der Waals surface area contributed by atoms with E-state index in [2.05, 4.69) is 30.1 Å². The van der Waals surface area contributed by atoms with Gasteiger partial charge in [0.05, 0.1) is 0 Å². The van der Waals surface area contributed by atoms with Gasteiger partial charge in [-0.2, -0.15) is 0 Å². The van der Waals surface area contributed by atoms with Gasteiger partial charge in [0.1, 0.15) is 0 Å². The normalized spacial score (nSPS) is 26.5. The van der Waals surface area contributed by atoms with Crippen LogP contribution in [0.4, 0.5) is 0 Å². The molecule has 2 aliphatic rings. The maximum absolute atomic E-state index is 6.26. The van der Waals surface area contributed by atoms with Crippen molar-refractivity contribution in [3.05, 3.63) is 34.9 Å². The quantitative estimate of drug-likeness (QED) is 0.755. The molecule has 3 rings (SSSR count). The number of nitrogens with zero attached hydrogens (tertiary/aromatic N) is 1. The second kappa shape index (κ2) is 10.2.